The Morgan fingerprint density at radius 1 is 1.04 bits per heavy atom. The fourth-order valence-electron chi connectivity index (χ4n) is 3.25. The summed E-state index contributed by atoms with van der Waals surface area (Å²) in [5.74, 6) is 0.870. The number of amides is 2. The van der Waals surface area contributed by atoms with E-state index in [4.69, 9.17) is 0 Å². The van der Waals surface area contributed by atoms with E-state index in [1.807, 2.05) is 23.1 Å². The Bertz CT molecular complexity index is 563. The Balaban J connectivity index is 0.00000225. The number of benzene rings is 1. The summed E-state index contributed by atoms with van der Waals surface area (Å²) in [6.07, 6.45) is 5.71. The number of halogens is 1. The molecule has 2 fully saturated rings. The lowest BCUT2D eigenvalue weighted by atomic mass is 10.0. The van der Waals surface area contributed by atoms with E-state index in [9.17, 15) is 9.59 Å². The number of nitrogens with one attached hydrogen (secondary N) is 2. The van der Waals surface area contributed by atoms with Crippen LogP contribution in [0.4, 0.5) is 0 Å². The number of hydrogen-bond donors (Lipinski definition) is 2. The third-order valence-electron chi connectivity index (χ3n) is 4.89. The van der Waals surface area contributed by atoms with Crippen molar-refractivity contribution in [3.8, 4) is 0 Å². The van der Waals surface area contributed by atoms with E-state index in [0.29, 0.717) is 18.7 Å². The number of carbonyl (C=O) groups excluding carboxylic acids is 2. The van der Waals surface area contributed by atoms with Gasteiger partial charge in [0.15, 0.2) is 0 Å². The molecule has 138 valence electrons. The number of piperidine rings is 1. The molecular formula is C19H28ClN3O2. The van der Waals surface area contributed by atoms with Crippen molar-refractivity contribution in [2.45, 2.75) is 38.1 Å². The summed E-state index contributed by atoms with van der Waals surface area (Å²) < 4.78 is 0. The summed E-state index contributed by atoms with van der Waals surface area (Å²) in [7, 11) is 0. The Hall–Kier alpha value is -1.59. The van der Waals surface area contributed by atoms with E-state index in [1.165, 1.54) is 12.8 Å². The lowest BCUT2D eigenvalue weighted by Gasteiger charge is -2.36. The second-order valence-electron chi connectivity index (χ2n) is 6.89. The van der Waals surface area contributed by atoms with Gasteiger partial charge in [-0.05, 0) is 56.7 Å². The minimum Gasteiger partial charge on any atom is -0.350 e. The third kappa shape index (κ3) is 6.01. The highest BCUT2D eigenvalue weighted by molar-refractivity contribution is 5.94. The first kappa shape index (κ1) is 19.7. The fraction of sp³-hybridized carbons (Fsp3) is 0.579. The number of likely N-dealkylation sites (tertiary alicyclic amines) is 1. The first-order valence-electron chi connectivity index (χ1n) is 9.07. The molecule has 1 unspecified atom stereocenters. The minimum absolute atomic E-state index is 0. The van der Waals surface area contributed by atoms with Crippen LogP contribution in [0.2, 0.25) is 0 Å². The van der Waals surface area contributed by atoms with Crippen molar-refractivity contribution in [1.29, 1.82) is 0 Å². The molecule has 2 amide bonds. The van der Waals surface area contributed by atoms with Crippen LogP contribution in [0.15, 0.2) is 30.3 Å². The average Bonchev–Trinajstić information content (AvgIpc) is 3.45. The Labute approximate surface area is 155 Å². The molecule has 0 spiro atoms. The molecule has 2 aliphatic rings. The summed E-state index contributed by atoms with van der Waals surface area (Å²) in [4.78, 5) is 26.6. The molecule has 1 aliphatic heterocycles. The normalized spacial score (nSPS) is 19.8. The number of carbonyl (C=O) groups is 2. The van der Waals surface area contributed by atoms with Gasteiger partial charge in [0.2, 0.25) is 5.91 Å². The van der Waals surface area contributed by atoms with Crippen molar-refractivity contribution >= 4 is 24.2 Å². The van der Waals surface area contributed by atoms with Gasteiger partial charge in [-0.2, -0.15) is 0 Å². The number of rotatable bonds is 7. The lowest BCUT2D eigenvalue weighted by Crippen LogP contribution is -2.51. The highest BCUT2D eigenvalue weighted by atomic mass is 35.5. The fourth-order valence-corrected chi connectivity index (χ4v) is 3.25. The van der Waals surface area contributed by atoms with Gasteiger partial charge < -0.3 is 15.5 Å². The molecule has 1 atom stereocenters. The van der Waals surface area contributed by atoms with Crippen LogP contribution in [0.3, 0.4) is 0 Å². The van der Waals surface area contributed by atoms with E-state index in [-0.39, 0.29) is 30.3 Å². The molecule has 1 heterocycles. The van der Waals surface area contributed by atoms with Crippen LogP contribution in [-0.4, -0.2) is 48.9 Å². The van der Waals surface area contributed by atoms with E-state index < -0.39 is 0 Å². The molecule has 3 rings (SSSR count). The zero-order chi connectivity index (χ0) is 16.8. The van der Waals surface area contributed by atoms with Gasteiger partial charge in [-0.3, -0.25) is 9.59 Å². The van der Waals surface area contributed by atoms with Crippen molar-refractivity contribution in [2.24, 2.45) is 5.92 Å². The smallest absolute Gasteiger partial charge is 0.251 e. The summed E-state index contributed by atoms with van der Waals surface area (Å²) in [6, 6.07) is 9.34. The highest BCUT2D eigenvalue weighted by Gasteiger charge is 2.27. The molecule has 0 radical (unpaired) electrons. The highest BCUT2D eigenvalue weighted by Crippen LogP contribution is 2.27. The topological polar surface area (TPSA) is 61.4 Å². The van der Waals surface area contributed by atoms with E-state index in [0.717, 1.165) is 38.3 Å². The maximum absolute atomic E-state index is 12.5. The molecule has 5 nitrogen and oxygen atoms in total. The van der Waals surface area contributed by atoms with Gasteiger partial charge in [0, 0.05) is 24.7 Å². The summed E-state index contributed by atoms with van der Waals surface area (Å²) in [5.41, 5.74) is 0.664. The van der Waals surface area contributed by atoms with Crippen LogP contribution < -0.4 is 10.6 Å². The minimum atomic E-state index is -0.0690. The summed E-state index contributed by atoms with van der Waals surface area (Å²) >= 11 is 0. The van der Waals surface area contributed by atoms with Crippen LogP contribution in [0.25, 0.3) is 0 Å². The molecule has 1 aromatic carbocycles. The maximum atomic E-state index is 12.5. The van der Waals surface area contributed by atoms with Gasteiger partial charge >= 0.3 is 0 Å². The molecule has 2 N–H and O–H groups in total. The maximum Gasteiger partial charge on any atom is 0.251 e. The van der Waals surface area contributed by atoms with E-state index in [2.05, 4.69) is 10.6 Å². The monoisotopic (exact) mass is 365 g/mol. The Morgan fingerprint density at radius 3 is 2.52 bits per heavy atom. The second kappa shape index (κ2) is 9.78. The first-order valence-corrected chi connectivity index (χ1v) is 9.07. The molecule has 1 aromatic rings. The largest absolute Gasteiger partial charge is 0.350 e. The second-order valence-corrected chi connectivity index (χ2v) is 6.89. The first-order chi connectivity index (χ1) is 11.7. The van der Waals surface area contributed by atoms with Gasteiger partial charge in [-0.1, -0.05) is 18.2 Å². The summed E-state index contributed by atoms with van der Waals surface area (Å²) in [6.45, 7) is 2.70. The zero-order valence-corrected chi connectivity index (χ0v) is 15.4. The van der Waals surface area contributed by atoms with Crippen LogP contribution in [0.1, 0.15) is 42.5 Å². The SMILES string of the molecule is Cl.O=C(NCC1CCCCN1C(=O)CNCC1CC1)c1ccccc1. The average molecular weight is 366 g/mol. The van der Waals surface area contributed by atoms with Crippen LogP contribution in [0, 0.1) is 5.92 Å². The van der Waals surface area contributed by atoms with Gasteiger partial charge in [0.05, 0.1) is 6.54 Å². The molecular weight excluding hydrogens is 338 g/mol. The van der Waals surface area contributed by atoms with Crippen LogP contribution >= 0.6 is 12.4 Å². The van der Waals surface area contributed by atoms with Gasteiger partial charge in [-0.15, -0.1) is 12.4 Å². The Morgan fingerprint density at radius 2 is 1.80 bits per heavy atom. The number of nitrogens with zero attached hydrogens (tertiary/aromatic N) is 1. The molecule has 1 saturated carbocycles. The van der Waals surface area contributed by atoms with Crippen LogP contribution in [-0.2, 0) is 4.79 Å². The molecule has 1 saturated heterocycles. The molecule has 1 aliphatic carbocycles. The lowest BCUT2D eigenvalue weighted by molar-refractivity contribution is -0.133. The van der Waals surface area contributed by atoms with Crippen molar-refractivity contribution in [3.05, 3.63) is 35.9 Å². The van der Waals surface area contributed by atoms with Crippen molar-refractivity contribution in [3.63, 3.8) is 0 Å². The van der Waals surface area contributed by atoms with E-state index in [1.54, 1.807) is 12.1 Å². The molecule has 6 heteroatoms. The predicted molar refractivity (Wildman–Crippen MR) is 101 cm³/mol. The zero-order valence-electron chi connectivity index (χ0n) is 14.6. The quantitative estimate of drug-likeness (QED) is 0.778. The Kier molecular flexibility index (Phi) is 7.72. The standard InChI is InChI=1S/C19H27N3O2.ClH/c23-18(14-20-12-15-9-10-15)22-11-5-4-8-17(22)13-21-19(24)16-6-2-1-3-7-16;/h1-3,6-7,15,17,20H,4-5,8-14H2,(H,21,24);1H. The molecule has 0 bridgehead atoms. The van der Waals surface area contributed by atoms with Crippen molar-refractivity contribution in [1.82, 2.24) is 15.5 Å². The van der Waals surface area contributed by atoms with Gasteiger partial charge in [0.25, 0.3) is 5.91 Å². The molecule has 25 heavy (non-hydrogen) atoms. The van der Waals surface area contributed by atoms with Crippen molar-refractivity contribution < 1.29 is 9.59 Å². The van der Waals surface area contributed by atoms with Crippen molar-refractivity contribution in [2.75, 3.05) is 26.2 Å². The third-order valence-corrected chi connectivity index (χ3v) is 4.89. The summed E-state index contributed by atoms with van der Waals surface area (Å²) in [5, 5.41) is 6.26. The van der Waals surface area contributed by atoms with Crippen LogP contribution in [0.5, 0.6) is 0 Å². The predicted octanol–water partition coefficient (Wildman–Crippen LogP) is 2.22. The van der Waals surface area contributed by atoms with E-state index >= 15 is 0 Å². The van der Waals surface area contributed by atoms with Gasteiger partial charge in [-0.25, -0.2) is 0 Å². The number of hydrogen-bond acceptors (Lipinski definition) is 3. The van der Waals surface area contributed by atoms with Gasteiger partial charge in [0.1, 0.15) is 0 Å². The molecule has 0 aromatic heterocycles.